The van der Waals surface area contributed by atoms with E-state index >= 15 is 0 Å². The molecule has 23 heavy (non-hydrogen) atoms. The molecule has 0 bridgehead atoms. The fraction of sp³-hybridized carbons (Fsp3) is 0.889. The van der Waals surface area contributed by atoms with Crippen LogP contribution in [0.15, 0.2) is 0 Å². The molecule has 0 amide bonds. The second kappa shape index (κ2) is 26.6. The van der Waals surface area contributed by atoms with Crippen LogP contribution in [0.2, 0.25) is 8.87 Å². The fourth-order valence-electron chi connectivity index (χ4n) is 1.48. The Labute approximate surface area is 153 Å². The summed E-state index contributed by atoms with van der Waals surface area (Å²) in [5.41, 5.74) is 0. The topological polar surface area (TPSA) is 74.6 Å². The fourth-order valence-corrected chi connectivity index (χ4v) is 5.05. The summed E-state index contributed by atoms with van der Waals surface area (Å²) in [6, 6.07) is 0. The third kappa shape index (κ3) is 44.9. The van der Waals surface area contributed by atoms with Gasteiger partial charge in [-0.1, -0.05) is 13.8 Å². The first-order valence-corrected chi connectivity index (χ1v) is 13.1. The molecule has 138 valence electrons. The van der Waals surface area contributed by atoms with Crippen molar-refractivity contribution in [2.24, 2.45) is 0 Å². The number of aliphatic carboxylic acids is 2. The first kappa shape index (κ1) is 27.6. The van der Waals surface area contributed by atoms with E-state index in [0.717, 1.165) is 0 Å². The van der Waals surface area contributed by atoms with Crippen LogP contribution in [-0.2, 0) is 9.59 Å². The van der Waals surface area contributed by atoms with E-state index in [4.69, 9.17) is 10.2 Å². The van der Waals surface area contributed by atoms with Crippen LogP contribution < -0.4 is 0 Å². The van der Waals surface area contributed by atoms with Gasteiger partial charge in [0.15, 0.2) is 0 Å². The van der Waals surface area contributed by atoms with Gasteiger partial charge in [-0.3, -0.25) is 9.59 Å². The number of hydrogen-bond acceptors (Lipinski definition) is 2. The SMILES string of the molecule is CCC(=O)O.CCC(=O)O.CCCCC[CH2][Sn][CH2]CCCCC. The number of carboxylic acid groups (broad SMARTS) is 2. The van der Waals surface area contributed by atoms with Gasteiger partial charge in [-0.05, 0) is 0 Å². The van der Waals surface area contributed by atoms with Gasteiger partial charge in [-0.15, -0.1) is 0 Å². The van der Waals surface area contributed by atoms with Gasteiger partial charge in [-0.25, -0.2) is 0 Å². The minimum atomic E-state index is -0.745. The van der Waals surface area contributed by atoms with Gasteiger partial charge in [0.2, 0.25) is 0 Å². The van der Waals surface area contributed by atoms with Gasteiger partial charge in [0, 0.05) is 12.8 Å². The average Bonchev–Trinajstić information content (AvgIpc) is 2.54. The molecule has 0 saturated heterocycles. The summed E-state index contributed by atoms with van der Waals surface area (Å²) in [4.78, 5) is 18.7. The van der Waals surface area contributed by atoms with Crippen LogP contribution in [0.4, 0.5) is 0 Å². The second-order valence-electron chi connectivity index (χ2n) is 5.37. The van der Waals surface area contributed by atoms with Crippen molar-refractivity contribution in [1.29, 1.82) is 0 Å². The third-order valence-electron chi connectivity index (χ3n) is 3.02. The molecule has 0 aliphatic carbocycles. The van der Waals surface area contributed by atoms with Crippen molar-refractivity contribution in [3.8, 4) is 0 Å². The zero-order valence-corrected chi connectivity index (χ0v) is 18.6. The van der Waals surface area contributed by atoms with E-state index in [1.165, 1.54) is 38.5 Å². The van der Waals surface area contributed by atoms with Crippen LogP contribution >= 0.6 is 0 Å². The number of rotatable bonds is 12. The molecular formula is C18H38O4Sn. The van der Waals surface area contributed by atoms with Crippen molar-refractivity contribution < 1.29 is 19.8 Å². The molecule has 0 atom stereocenters. The predicted molar refractivity (Wildman–Crippen MR) is 99.5 cm³/mol. The van der Waals surface area contributed by atoms with Crippen molar-refractivity contribution in [2.75, 3.05) is 0 Å². The summed E-state index contributed by atoms with van der Waals surface area (Å²) in [7, 11) is 0. The Morgan fingerprint density at radius 3 is 1.17 bits per heavy atom. The first-order chi connectivity index (χ1) is 11.0. The average molecular weight is 437 g/mol. The Bertz CT molecular complexity index is 221. The molecule has 0 heterocycles. The molecule has 5 heteroatoms. The Balaban J connectivity index is -0.000000329. The molecule has 0 aromatic heterocycles. The van der Waals surface area contributed by atoms with E-state index in [2.05, 4.69) is 13.8 Å². The van der Waals surface area contributed by atoms with Gasteiger partial charge in [0.25, 0.3) is 0 Å². The molecule has 2 radical (unpaired) electrons. The summed E-state index contributed by atoms with van der Waals surface area (Å²) >= 11 is 0.104. The number of carbonyl (C=O) groups is 2. The van der Waals surface area contributed by atoms with Crippen LogP contribution in [0.1, 0.15) is 91.9 Å². The van der Waals surface area contributed by atoms with Crippen molar-refractivity contribution in [3.05, 3.63) is 0 Å². The van der Waals surface area contributed by atoms with Gasteiger partial charge in [-0.2, -0.15) is 0 Å². The predicted octanol–water partition coefficient (Wildman–Crippen LogP) is 5.65. The zero-order chi connectivity index (χ0) is 18.3. The molecule has 0 saturated carbocycles. The maximum absolute atomic E-state index is 9.37. The zero-order valence-electron chi connectivity index (χ0n) is 15.7. The monoisotopic (exact) mass is 438 g/mol. The maximum atomic E-state index is 9.37. The minimum absolute atomic E-state index is 0.104. The van der Waals surface area contributed by atoms with E-state index < -0.39 is 11.9 Å². The van der Waals surface area contributed by atoms with Crippen LogP contribution in [0.25, 0.3) is 0 Å². The van der Waals surface area contributed by atoms with Crippen LogP contribution in [0, 0.1) is 0 Å². The van der Waals surface area contributed by atoms with Crippen LogP contribution in [-0.4, -0.2) is 43.3 Å². The molecule has 0 aliphatic rings. The van der Waals surface area contributed by atoms with E-state index in [-0.39, 0.29) is 34.0 Å². The Kier molecular flexibility index (Phi) is 31.9. The van der Waals surface area contributed by atoms with Gasteiger partial charge in [0.05, 0.1) is 0 Å². The second-order valence-corrected chi connectivity index (χ2v) is 9.65. The summed E-state index contributed by atoms with van der Waals surface area (Å²) in [5, 5.41) is 15.4. The summed E-state index contributed by atoms with van der Waals surface area (Å²) in [6.45, 7) is 7.79. The normalized spacial score (nSPS) is 9.22. The van der Waals surface area contributed by atoms with Gasteiger partial charge < -0.3 is 10.2 Å². The number of carboxylic acids is 2. The van der Waals surface area contributed by atoms with Crippen LogP contribution in [0.3, 0.4) is 0 Å². The number of unbranched alkanes of at least 4 members (excludes halogenated alkanes) is 6. The van der Waals surface area contributed by atoms with Crippen molar-refractivity contribution >= 4 is 33.1 Å². The standard InChI is InChI=1S/2C6H13.2C3H6O2.Sn/c2*1-3-5-6-4-2;2*1-2-3(4)5;/h2*1,3-6H2,2H3;2*2H2,1H3,(H,4,5);. The molecule has 2 N–H and O–H groups in total. The Morgan fingerprint density at radius 2 is 0.957 bits per heavy atom. The first-order valence-electron chi connectivity index (χ1n) is 9.10. The molecule has 0 rings (SSSR count). The molecule has 4 nitrogen and oxygen atoms in total. The van der Waals surface area contributed by atoms with E-state index in [1.807, 2.05) is 0 Å². The van der Waals surface area contributed by atoms with Crippen molar-refractivity contribution in [3.63, 3.8) is 0 Å². The van der Waals surface area contributed by atoms with E-state index in [1.54, 1.807) is 35.6 Å². The molecule has 0 aromatic rings. The van der Waals surface area contributed by atoms with E-state index in [9.17, 15) is 9.59 Å². The molecule has 0 aliphatic heterocycles. The van der Waals surface area contributed by atoms with Crippen LogP contribution in [0.5, 0.6) is 0 Å². The molecule has 0 unspecified atom stereocenters. The quantitative estimate of drug-likeness (QED) is 0.306. The molecule has 0 fully saturated rings. The summed E-state index contributed by atoms with van der Waals surface area (Å²) in [6.07, 6.45) is 12.3. The Hall–Kier alpha value is -0.261. The molecule has 0 aromatic carbocycles. The third-order valence-corrected chi connectivity index (χ3v) is 7.06. The summed E-state index contributed by atoms with van der Waals surface area (Å²) < 4.78 is 3.30. The Morgan fingerprint density at radius 1 is 0.652 bits per heavy atom. The molecule has 0 spiro atoms. The molecular weight excluding hydrogens is 399 g/mol. The number of hydrogen-bond donors (Lipinski definition) is 2. The van der Waals surface area contributed by atoms with Crippen molar-refractivity contribution in [2.45, 2.75) is 101 Å². The van der Waals surface area contributed by atoms with Crippen molar-refractivity contribution in [1.82, 2.24) is 0 Å². The van der Waals surface area contributed by atoms with Gasteiger partial charge >= 0.3 is 107 Å². The van der Waals surface area contributed by atoms with Gasteiger partial charge in [0.1, 0.15) is 0 Å². The van der Waals surface area contributed by atoms with E-state index in [0.29, 0.717) is 0 Å². The summed E-state index contributed by atoms with van der Waals surface area (Å²) in [5.74, 6) is -1.49.